The van der Waals surface area contributed by atoms with Gasteiger partial charge in [-0.25, -0.2) is 4.79 Å². The maximum Gasteiger partial charge on any atom is 0.412 e. The number of benzene rings is 3. The standard InChI is InChI=1S/C31H35N3O3/c1-31(33-28(24-14-8-6-9-15-24)29(34-31)25-16-10-7-11-17-25)22-12-4-3-5-13-23-32-30(35)37-27-20-18-26(36-2)19-21-27/h6-11,14-21H,3-5,12-13,22-23H2,1-2H3,(H,32,35). The first-order chi connectivity index (χ1) is 18.1. The Morgan fingerprint density at radius 1 is 0.730 bits per heavy atom. The van der Waals surface area contributed by atoms with Crippen LogP contribution < -0.4 is 14.8 Å². The smallest absolute Gasteiger partial charge is 0.412 e. The Balaban J connectivity index is 1.19. The summed E-state index contributed by atoms with van der Waals surface area (Å²) in [5.41, 5.74) is 3.71. The zero-order chi connectivity index (χ0) is 25.9. The molecule has 0 saturated carbocycles. The van der Waals surface area contributed by atoms with E-state index in [0.29, 0.717) is 12.3 Å². The number of aliphatic imine (C=N–C) groups is 2. The summed E-state index contributed by atoms with van der Waals surface area (Å²) in [5.74, 6) is 1.22. The SMILES string of the molecule is COc1ccc(OC(=O)NCCCCCCCC2(C)N=C(c3ccccc3)C(c3ccccc3)=N2)cc1. The summed E-state index contributed by atoms with van der Waals surface area (Å²) >= 11 is 0. The maximum atomic E-state index is 12.0. The molecule has 3 aromatic rings. The number of carbonyl (C=O) groups is 1. The van der Waals surface area contributed by atoms with Crippen LogP contribution in [-0.4, -0.2) is 36.8 Å². The second-order valence-electron chi connectivity index (χ2n) is 9.38. The number of hydrogen-bond donors (Lipinski definition) is 1. The molecule has 4 rings (SSSR count). The highest BCUT2D eigenvalue weighted by molar-refractivity contribution is 6.54. The number of methoxy groups -OCH3 is 1. The van der Waals surface area contributed by atoms with E-state index in [4.69, 9.17) is 19.5 Å². The van der Waals surface area contributed by atoms with Crippen LogP contribution in [0.4, 0.5) is 4.79 Å². The van der Waals surface area contributed by atoms with E-state index in [1.165, 1.54) is 0 Å². The fraction of sp³-hybridized carbons (Fsp3) is 0.323. The minimum atomic E-state index is -0.441. The molecule has 6 heteroatoms. The molecule has 0 fully saturated rings. The third kappa shape index (κ3) is 7.53. The number of nitrogens with one attached hydrogen (secondary N) is 1. The molecular weight excluding hydrogens is 462 g/mol. The van der Waals surface area contributed by atoms with Gasteiger partial charge in [0.1, 0.15) is 17.2 Å². The maximum absolute atomic E-state index is 12.0. The van der Waals surface area contributed by atoms with Crippen LogP contribution >= 0.6 is 0 Å². The summed E-state index contributed by atoms with van der Waals surface area (Å²) in [4.78, 5) is 22.2. The third-order valence-electron chi connectivity index (χ3n) is 6.39. The summed E-state index contributed by atoms with van der Waals surface area (Å²) in [6, 6.07) is 27.6. The zero-order valence-electron chi connectivity index (χ0n) is 21.7. The average Bonchev–Trinajstić information content (AvgIpc) is 3.29. The Morgan fingerprint density at radius 3 is 1.81 bits per heavy atom. The summed E-state index contributed by atoms with van der Waals surface area (Å²) in [6.45, 7) is 2.73. The largest absolute Gasteiger partial charge is 0.497 e. The molecule has 0 bridgehead atoms. The first-order valence-electron chi connectivity index (χ1n) is 13.0. The molecule has 37 heavy (non-hydrogen) atoms. The normalized spacial score (nSPS) is 14.0. The lowest BCUT2D eigenvalue weighted by atomic mass is 10.0. The van der Waals surface area contributed by atoms with Crippen LogP contribution in [0.15, 0.2) is 94.9 Å². The monoisotopic (exact) mass is 497 g/mol. The van der Waals surface area contributed by atoms with Crippen LogP contribution in [0.1, 0.15) is 56.6 Å². The zero-order valence-corrected chi connectivity index (χ0v) is 21.7. The molecule has 0 atom stereocenters. The number of ether oxygens (including phenoxy) is 2. The van der Waals surface area contributed by atoms with E-state index < -0.39 is 11.8 Å². The molecule has 3 aromatic carbocycles. The summed E-state index contributed by atoms with van der Waals surface area (Å²) in [7, 11) is 1.60. The number of carbonyl (C=O) groups excluding carboxylic acids is 1. The van der Waals surface area contributed by atoms with Crippen molar-refractivity contribution in [3.63, 3.8) is 0 Å². The van der Waals surface area contributed by atoms with E-state index in [2.05, 4.69) is 36.5 Å². The molecule has 0 radical (unpaired) electrons. The van der Waals surface area contributed by atoms with Crippen LogP contribution in [0.3, 0.4) is 0 Å². The van der Waals surface area contributed by atoms with Crippen molar-refractivity contribution in [3.05, 3.63) is 96.1 Å². The average molecular weight is 498 g/mol. The van der Waals surface area contributed by atoms with Crippen molar-refractivity contribution in [1.29, 1.82) is 0 Å². The molecule has 6 nitrogen and oxygen atoms in total. The van der Waals surface area contributed by atoms with Crippen molar-refractivity contribution in [3.8, 4) is 11.5 Å². The first kappa shape index (κ1) is 26.1. The Labute approximate surface area is 219 Å². The highest BCUT2D eigenvalue weighted by Gasteiger charge is 2.32. The van der Waals surface area contributed by atoms with E-state index >= 15 is 0 Å². The summed E-state index contributed by atoms with van der Waals surface area (Å²) in [6.07, 6.45) is 5.72. The van der Waals surface area contributed by atoms with Crippen molar-refractivity contribution in [1.82, 2.24) is 5.32 Å². The number of hydrogen-bond acceptors (Lipinski definition) is 5. The van der Waals surface area contributed by atoms with Crippen molar-refractivity contribution in [2.45, 2.75) is 51.1 Å². The molecule has 192 valence electrons. The van der Waals surface area contributed by atoms with E-state index in [1.54, 1.807) is 31.4 Å². The van der Waals surface area contributed by atoms with Gasteiger partial charge in [-0.2, -0.15) is 0 Å². The van der Waals surface area contributed by atoms with Crippen LogP contribution in [0.25, 0.3) is 0 Å². The molecule has 0 aromatic heterocycles. The fourth-order valence-corrected chi connectivity index (χ4v) is 4.41. The Kier molecular flexibility index (Phi) is 9.08. The van der Waals surface area contributed by atoms with Gasteiger partial charge in [0.2, 0.25) is 0 Å². The molecule has 1 amide bonds. The van der Waals surface area contributed by atoms with Gasteiger partial charge >= 0.3 is 6.09 Å². The molecule has 0 spiro atoms. The molecular formula is C31H35N3O3. The summed E-state index contributed by atoms with van der Waals surface area (Å²) in [5, 5.41) is 2.81. The minimum absolute atomic E-state index is 0.432. The molecule has 0 aliphatic carbocycles. The predicted molar refractivity (Wildman–Crippen MR) is 149 cm³/mol. The second-order valence-corrected chi connectivity index (χ2v) is 9.38. The van der Waals surface area contributed by atoms with Gasteiger partial charge in [0.25, 0.3) is 0 Å². The Morgan fingerprint density at radius 2 is 1.24 bits per heavy atom. The van der Waals surface area contributed by atoms with Gasteiger partial charge in [-0.05, 0) is 50.5 Å². The van der Waals surface area contributed by atoms with Crippen molar-refractivity contribution >= 4 is 17.5 Å². The van der Waals surface area contributed by atoms with E-state index in [-0.39, 0.29) is 0 Å². The summed E-state index contributed by atoms with van der Waals surface area (Å²) < 4.78 is 10.4. The number of nitrogens with zero attached hydrogens (tertiary/aromatic N) is 2. The van der Waals surface area contributed by atoms with E-state index in [0.717, 1.165) is 66.8 Å². The Bertz CT molecular complexity index is 1150. The lowest BCUT2D eigenvalue weighted by molar-refractivity contribution is 0.200. The van der Waals surface area contributed by atoms with Crippen LogP contribution in [0, 0.1) is 0 Å². The molecule has 1 N–H and O–H groups in total. The quantitative estimate of drug-likeness (QED) is 0.279. The van der Waals surface area contributed by atoms with E-state index in [1.807, 2.05) is 36.4 Å². The molecule has 0 unspecified atom stereocenters. The van der Waals surface area contributed by atoms with Gasteiger partial charge in [0.05, 0.1) is 18.5 Å². The third-order valence-corrected chi connectivity index (χ3v) is 6.39. The van der Waals surface area contributed by atoms with Gasteiger partial charge in [-0.3, -0.25) is 9.98 Å². The van der Waals surface area contributed by atoms with E-state index in [9.17, 15) is 4.79 Å². The molecule has 1 aliphatic heterocycles. The lowest BCUT2D eigenvalue weighted by Gasteiger charge is -2.17. The van der Waals surface area contributed by atoms with Crippen molar-refractivity contribution < 1.29 is 14.3 Å². The van der Waals surface area contributed by atoms with Crippen LogP contribution in [-0.2, 0) is 0 Å². The van der Waals surface area contributed by atoms with Gasteiger partial charge < -0.3 is 14.8 Å². The molecule has 1 aliphatic rings. The lowest BCUT2D eigenvalue weighted by Crippen LogP contribution is -2.27. The predicted octanol–water partition coefficient (Wildman–Crippen LogP) is 6.83. The van der Waals surface area contributed by atoms with Gasteiger partial charge in [0, 0.05) is 17.7 Å². The van der Waals surface area contributed by atoms with Crippen LogP contribution in [0.5, 0.6) is 11.5 Å². The highest BCUT2D eigenvalue weighted by atomic mass is 16.6. The van der Waals surface area contributed by atoms with Gasteiger partial charge in [-0.15, -0.1) is 0 Å². The van der Waals surface area contributed by atoms with Crippen molar-refractivity contribution in [2.24, 2.45) is 9.98 Å². The molecule has 1 heterocycles. The number of unbranched alkanes of at least 4 members (excludes halogenated alkanes) is 4. The first-order valence-corrected chi connectivity index (χ1v) is 13.0. The highest BCUT2D eigenvalue weighted by Crippen LogP contribution is 2.30. The topological polar surface area (TPSA) is 72.3 Å². The second kappa shape index (κ2) is 12.9. The number of amides is 1. The molecule has 0 saturated heterocycles. The van der Waals surface area contributed by atoms with Gasteiger partial charge in [0.15, 0.2) is 0 Å². The fourth-order valence-electron chi connectivity index (χ4n) is 4.41. The Hall–Kier alpha value is -3.93. The van der Waals surface area contributed by atoms with Crippen LogP contribution in [0.2, 0.25) is 0 Å². The number of rotatable bonds is 12. The van der Waals surface area contributed by atoms with Crippen molar-refractivity contribution in [2.75, 3.05) is 13.7 Å². The minimum Gasteiger partial charge on any atom is -0.497 e. The van der Waals surface area contributed by atoms with Gasteiger partial charge in [-0.1, -0.05) is 79.9 Å².